The maximum Gasteiger partial charge on any atom is 0.0618 e. The molecule has 1 heterocycles. The van der Waals surface area contributed by atoms with Crippen molar-refractivity contribution >= 4 is 0 Å². The minimum absolute atomic E-state index is 0.631. The van der Waals surface area contributed by atoms with Crippen LogP contribution in [0.5, 0.6) is 0 Å². The van der Waals surface area contributed by atoms with Gasteiger partial charge in [-0.25, -0.2) is 0 Å². The van der Waals surface area contributed by atoms with Crippen LogP contribution in [0.15, 0.2) is 0 Å². The van der Waals surface area contributed by atoms with Crippen LogP contribution in [-0.2, 0) is 4.74 Å². The third-order valence-electron chi connectivity index (χ3n) is 2.40. The molecule has 1 rings (SSSR count). The van der Waals surface area contributed by atoms with Crippen LogP contribution in [0.4, 0.5) is 0 Å². The van der Waals surface area contributed by atoms with Gasteiger partial charge in [-0.15, -0.1) is 0 Å². The molecule has 65 valence electrons. The summed E-state index contributed by atoms with van der Waals surface area (Å²) in [6.07, 6.45) is 3.96. The monoisotopic (exact) mass is 156 g/mol. The van der Waals surface area contributed by atoms with E-state index in [-0.39, 0.29) is 0 Å². The molecule has 0 spiro atoms. The summed E-state index contributed by atoms with van der Waals surface area (Å²) in [7, 11) is 1.77. The number of methoxy groups -OCH3 is 1. The quantitative estimate of drug-likeness (QED) is 0.611. The lowest BCUT2D eigenvalue weighted by molar-refractivity contribution is 0.0725. The fourth-order valence-corrected chi connectivity index (χ4v) is 1.74. The van der Waals surface area contributed by atoms with Gasteiger partial charge >= 0.3 is 0 Å². The summed E-state index contributed by atoms with van der Waals surface area (Å²) in [5, 5.41) is 0. The summed E-state index contributed by atoms with van der Waals surface area (Å²) < 4.78 is 5.14. The molecule has 11 heavy (non-hydrogen) atoms. The topological polar surface area (TPSA) is 12.5 Å². The smallest absolute Gasteiger partial charge is 0.0618 e. The fraction of sp³-hybridized carbons (Fsp3) is 0.889. The van der Waals surface area contributed by atoms with E-state index < -0.39 is 0 Å². The van der Waals surface area contributed by atoms with E-state index in [1.54, 1.807) is 7.11 Å². The van der Waals surface area contributed by atoms with E-state index >= 15 is 0 Å². The molecule has 2 heteroatoms. The lowest BCUT2D eigenvalue weighted by Crippen LogP contribution is -2.41. The van der Waals surface area contributed by atoms with Crippen molar-refractivity contribution in [3.63, 3.8) is 0 Å². The standard InChI is InChI=1S/C9H18NO/c1-3-10-7-5-4-6-9(10)8-11-2/h9H,1,3-8H2,2H3. The predicted molar refractivity (Wildman–Crippen MR) is 46.4 cm³/mol. The van der Waals surface area contributed by atoms with Gasteiger partial charge in [-0.05, 0) is 32.9 Å². The van der Waals surface area contributed by atoms with E-state index in [1.165, 1.54) is 25.8 Å². The lowest BCUT2D eigenvalue weighted by Gasteiger charge is -2.34. The number of likely N-dealkylation sites (tertiary alicyclic amines) is 1. The fourth-order valence-electron chi connectivity index (χ4n) is 1.74. The zero-order valence-electron chi connectivity index (χ0n) is 7.38. The van der Waals surface area contributed by atoms with Gasteiger partial charge in [0.2, 0.25) is 0 Å². The van der Waals surface area contributed by atoms with E-state index in [0.29, 0.717) is 6.04 Å². The third-order valence-corrected chi connectivity index (χ3v) is 2.40. The Hall–Kier alpha value is -0.0800. The third kappa shape index (κ3) is 2.46. The summed E-state index contributed by atoms with van der Waals surface area (Å²) >= 11 is 0. The van der Waals surface area contributed by atoms with Crippen molar-refractivity contribution in [2.24, 2.45) is 0 Å². The van der Waals surface area contributed by atoms with Gasteiger partial charge in [-0.1, -0.05) is 6.42 Å². The van der Waals surface area contributed by atoms with Crippen molar-refractivity contribution < 1.29 is 4.74 Å². The maximum absolute atomic E-state index is 5.14. The number of hydrogen-bond donors (Lipinski definition) is 0. The zero-order chi connectivity index (χ0) is 8.10. The molecule has 1 unspecified atom stereocenters. The van der Waals surface area contributed by atoms with Crippen LogP contribution < -0.4 is 0 Å². The Morgan fingerprint density at radius 2 is 2.36 bits per heavy atom. The Morgan fingerprint density at radius 1 is 1.55 bits per heavy atom. The average Bonchev–Trinajstić information content (AvgIpc) is 2.06. The highest BCUT2D eigenvalue weighted by molar-refractivity contribution is 4.76. The van der Waals surface area contributed by atoms with Crippen LogP contribution >= 0.6 is 0 Å². The number of hydrogen-bond acceptors (Lipinski definition) is 2. The second-order valence-electron chi connectivity index (χ2n) is 3.14. The van der Waals surface area contributed by atoms with Gasteiger partial charge < -0.3 is 4.74 Å². The molecule has 0 aromatic rings. The van der Waals surface area contributed by atoms with Gasteiger partial charge in [-0.2, -0.15) is 0 Å². The Labute approximate surface area is 69.5 Å². The minimum Gasteiger partial charge on any atom is -0.383 e. The van der Waals surface area contributed by atoms with Crippen molar-refractivity contribution in [3.8, 4) is 0 Å². The van der Waals surface area contributed by atoms with E-state index in [9.17, 15) is 0 Å². The minimum atomic E-state index is 0.631. The molecule has 1 aliphatic heterocycles. The van der Waals surface area contributed by atoms with Crippen molar-refractivity contribution in [1.82, 2.24) is 4.90 Å². The van der Waals surface area contributed by atoms with Crippen molar-refractivity contribution in [1.29, 1.82) is 0 Å². The van der Waals surface area contributed by atoms with E-state index in [0.717, 1.165) is 13.2 Å². The van der Waals surface area contributed by atoms with Crippen LogP contribution in [0.25, 0.3) is 0 Å². The Kier molecular flexibility index (Phi) is 3.87. The van der Waals surface area contributed by atoms with E-state index in [4.69, 9.17) is 4.74 Å². The number of piperidine rings is 1. The highest BCUT2D eigenvalue weighted by Gasteiger charge is 2.19. The van der Waals surface area contributed by atoms with Gasteiger partial charge in [0.15, 0.2) is 0 Å². The first kappa shape index (κ1) is 9.01. The summed E-state index contributed by atoms with van der Waals surface area (Å²) in [5.74, 6) is 0. The largest absolute Gasteiger partial charge is 0.383 e. The average molecular weight is 156 g/mol. The van der Waals surface area contributed by atoms with Gasteiger partial charge in [0, 0.05) is 13.2 Å². The molecule has 0 aromatic heterocycles. The van der Waals surface area contributed by atoms with Crippen LogP contribution in [0.3, 0.4) is 0 Å². The Morgan fingerprint density at radius 3 is 3.00 bits per heavy atom. The van der Waals surface area contributed by atoms with Gasteiger partial charge in [-0.3, -0.25) is 4.90 Å². The molecule has 0 aromatic carbocycles. The van der Waals surface area contributed by atoms with Gasteiger partial charge in [0.05, 0.1) is 6.61 Å². The number of nitrogens with zero attached hydrogens (tertiary/aromatic N) is 1. The first-order chi connectivity index (χ1) is 5.38. The molecule has 1 saturated heterocycles. The molecule has 1 atom stereocenters. The van der Waals surface area contributed by atoms with Crippen LogP contribution in [0, 0.1) is 6.92 Å². The van der Waals surface area contributed by atoms with Crippen LogP contribution in [0.1, 0.15) is 19.3 Å². The molecule has 0 N–H and O–H groups in total. The van der Waals surface area contributed by atoms with Crippen molar-refractivity contribution in [2.75, 3.05) is 26.8 Å². The Balaban J connectivity index is 2.31. The number of rotatable bonds is 3. The molecule has 0 saturated carbocycles. The summed E-state index contributed by atoms with van der Waals surface area (Å²) in [6.45, 7) is 6.91. The summed E-state index contributed by atoms with van der Waals surface area (Å²) in [4.78, 5) is 2.41. The van der Waals surface area contributed by atoms with E-state index in [2.05, 4.69) is 11.8 Å². The summed E-state index contributed by atoms with van der Waals surface area (Å²) in [6, 6.07) is 0.631. The van der Waals surface area contributed by atoms with Crippen LogP contribution in [-0.4, -0.2) is 37.7 Å². The second kappa shape index (κ2) is 4.73. The van der Waals surface area contributed by atoms with Crippen molar-refractivity contribution in [3.05, 3.63) is 6.92 Å². The lowest BCUT2D eigenvalue weighted by atomic mass is 10.0. The molecule has 1 fully saturated rings. The molecular weight excluding hydrogens is 138 g/mol. The Bertz CT molecular complexity index is 104. The van der Waals surface area contributed by atoms with Crippen molar-refractivity contribution in [2.45, 2.75) is 25.3 Å². The maximum atomic E-state index is 5.14. The van der Waals surface area contributed by atoms with Gasteiger partial charge in [0.25, 0.3) is 0 Å². The molecule has 0 bridgehead atoms. The summed E-state index contributed by atoms with van der Waals surface area (Å²) in [5.41, 5.74) is 0. The zero-order valence-corrected chi connectivity index (χ0v) is 7.38. The first-order valence-corrected chi connectivity index (χ1v) is 4.40. The molecule has 0 amide bonds. The SMILES string of the molecule is [CH2]CN1CCCCC1COC. The second-order valence-corrected chi connectivity index (χ2v) is 3.14. The van der Waals surface area contributed by atoms with E-state index in [1.807, 2.05) is 0 Å². The highest BCUT2D eigenvalue weighted by atomic mass is 16.5. The molecule has 2 nitrogen and oxygen atoms in total. The van der Waals surface area contributed by atoms with Crippen LogP contribution in [0.2, 0.25) is 0 Å². The normalized spacial score (nSPS) is 27.3. The predicted octanol–water partition coefficient (Wildman–Crippen LogP) is 1.32. The van der Waals surface area contributed by atoms with Gasteiger partial charge in [0.1, 0.15) is 0 Å². The molecule has 1 aliphatic rings. The molecular formula is C9H18NO. The first-order valence-electron chi connectivity index (χ1n) is 4.40. The molecule has 1 radical (unpaired) electrons. The molecule has 0 aliphatic carbocycles. The number of ether oxygens (including phenoxy) is 1. The highest BCUT2D eigenvalue weighted by Crippen LogP contribution is 2.16.